The third-order valence-corrected chi connectivity index (χ3v) is 5.67. The molecule has 3 aromatic rings. The van der Waals surface area contributed by atoms with E-state index in [1.165, 1.54) is 6.08 Å². The van der Waals surface area contributed by atoms with Gasteiger partial charge in [0.25, 0.3) is 0 Å². The smallest absolute Gasteiger partial charge is 0.334 e. The normalized spacial score (nSPS) is 18.0. The van der Waals surface area contributed by atoms with Crippen molar-refractivity contribution in [3.63, 3.8) is 0 Å². The highest BCUT2D eigenvalue weighted by molar-refractivity contribution is 6.26. The van der Waals surface area contributed by atoms with Crippen LogP contribution in [0.3, 0.4) is 0 Å². The van der Waals surface area contributed by atoms with Crippen LogP contribution in [0.4, 0.5) is 18.0 Å². The number of H-pyrrole nitrogens is 1. The molecule has 0 fully saturated rings. The average molecular weight is 474 g/mol. The van der Waals surface area contributed by atoms with E-state index >= 15 is 0 Å². The molecule has 0 radical (unpaired) electrons. The summed E-state index contributed by atoms with van der Waals surface area (Å²) < 4.78 is 38.9. The molecule has 1 aliphatic rings. The van der Waals surface area contributed by atoms with Crippen LogP contribution in [0.5, 0.6) is 0 Å². The van der Waals surface area contributed by atoms with E-state index in [0.29, 0.717) is 0 Å². The molecule has 2 heterocycles. The summed E-state index contributed by atoms with van der Waals surface area (Å²) in [4.78, 5) is 13.8. The van der Waals surface area contributed by atoms with Crippen LogP contribution in [0.2, 0.25) is 0 Å². The highest BCUT2D eigenvalue weighted by Crippen LogP contribution is 2.42. The fourth-order valence-electron chi connectivity index (χ4n) is 3.37. The number of urea groups is 1. The van der Waals surface area contributed by atoms with Gasteiger partial charge in [0, 0.05) is 35.8 Å². The van der Waals surface area contributed by atoms with Crippen molar-refractivity contribution in [3.8, 4) is 22.4 Å². The Bertz CT molecular complexity index is 1210. The molecule has 2 aromatic heterocycles. The van der Waals surface area contributed by atoms with Gasteiger partial charge in [0.15, 0.2) is 4.87 Å². The molecule has 1 unspecified atom stereocenters. The third-order valence-electron chi connectivity index (χ3n) is 5.17. The van der Waals surface area contributed by atoms with Crippen molar-refractivity contribution in [3.05, 3.63) is 84.5 Å². The van der Waals surface area contributed by atoms with Gasteiger partial charge in [0.1, 0.15) is 0 Å². The lowest BCUT2D eigenvalue weighted by Gasteiger charge is -2.28. The van der Waals surface area contributed by atoms with E-state index in [2.05, 4.69) is 25.8 Å². The quantitative estimate of drug-likeness (QED) is 0.438. The Labute approximate surface area is 192 Å². The van der Waals surface area contributed by atoms with Crippen molar-refractivity contribution in [1.82, 2.24) is 25.8 Å². The summed E-state index contributed by atoms with van der Waals surface area (Å²) in [6.45, 7) is 0.220. The monoisotopic (exact) mass is 473 g/mol. The molecular weight excluding hydrogens is 455 g/mol. The number of rotatable bonds is 5. The van der Waals surface area contributed by atoms with Gasteiger partial charge in [-0.1, -0.05) is 30.4 Å². The molecule has 1 atom stereocenters. The van der Waals surface area contributed by atoms with Crippen LogP contribution in [0.25, 0.3) is 22.4 Å². The molecule has 4 rings (SSSR count). The first-order valence-corrected chi connectivity index (χ1v) is 10.4. The molecular formula is C23H19ClF3N5O. The SMILES string of the molecule is O=C(NCc1cccc(-c2[nH]ncc2-c2ccncc2)c1)NC1=CCC(Cl)(C(F)(F)F)C=C1. The Morgan fingerprint density at radius 2 is 1.97 bits per heavy atom. The van der Waals surface area contributed by atoms with Gasteiger partial charge in [-0.2, -0.15) is 18.3 Å². The van der Waals surface area contributed by atoms with E-state index in [-0.39, 0.29) is 12.2 Å². The number of pyridine rings is 1. The highest BCUT2D eigenvalue weighted by Gasteiger charge is 2.51. The van der Waals surface area contributed by atoms with Gasteiger partial charge in [-0.05, 0) is 41.8 Å². The molecule has 6 nitrogen and oxygen atoms in total. The fraction of sp³-hybridized carbons (Fsp3) is 0.174. The first kappa shape index (κ1) is 22.6. The minimum Gasteiger partial charge on any atom is -0.334 e. The number of halogens is 4. The van der Waals surface area contributed by atoms with E-state index in [1.807, 2.05) is 36.4 Å². The van der Waals surface area contributed by atoms with Gasteiger partial charge in [0.2, 0.25) is 0 Å². The molecule has 1 aromatic carbocycles. The van der Waals surface area contributed by atoms with Crippen LogP contribution in [-0.4, -0.2) is 32.3 Å². The molecule has 33 heavy (non-hydrogen) atoms. The predicted molar refractivity (Wildman–Crippen MR) is 119 cm³/mol. The Balaban J connectivity index is 1.38. The summed E-state index contributed by atoms with van der Waals surface area (Å²) >= 11 is 5.61. The Kier molecular flexibility index (Phi) is 6.24. The van der Waals surface area contributed by atoms with Crippen LogP contribution in [-0.2, 0) is 6.54 Å². The van der Waals surface area contributed by atoms with Crippen LogP contribution in [0.15, 0.2) is 78.9 Å². The van der Waals surface area contributed by atoms with Crippen molar-refractivity contribution >= 4 is 17.6 Å². The van der Waals surface area contributed by atoms with Crippen LogP contribution in [0.1, 0.15) is 12.0 Å². The first-order valence-electron chi connectivity index (χ1n) is 9.98. The fourth-order valence-corrected chi connectivity index (χ4v) is 3.51. The molecule has 1 aliphatic carbocycles. The summed E-state index contributed by atoms with van der Waals surface area (Å²) in [6, 6.07) is 10.8. The Hall–Kier alpha value is -3.59. The number of nitrogens with one attached hydrogen (secondary N) is 3. The molecule has 0 saturated carbocycles. The number of hydrogen-bond donors (Lipinski definition) is 3. The number of aromatic nitrogens is 3. The lowest BCUT2D eigenvalue weighted by Crippen LogP contribution is -2.40. The van der Waals surface area contributed by atoms with Crippen molar-refractivity contribution < 1.29 is 18.0 Å². The van der Waals surface area contributed by atoms with Gasteiger partial charge in [0.05, 0.1) is 11.9 Å². The topological polar surface area (TPSA) is 82.7 Å². The van der Waals surface area contributed by atoms with Crippen molar-refractivity contribution in [2.45, 2.75) is 24.0 Å². The second kappa shape index (κ2) is 9.11. The standard InChI is InChI=1S/C23H19ClF3N5O/c24-22(23(25,26)27)8-4-18(5-9-22)31-21(33)29-13-15-2-1-3-17(12-15)20-19(14-30-32-20)16-6-10-28-11-7-16/h1-8,10-12,14H,9,13H2,(H,30,32)(H2,29,31,33). The van der Waals surface area contributed by atoms with Crippen LogP contribution >= 0.6 is 11.6 Å². The van der Waals surface area contributed by atoms with Crippen molar-refractivity contribution in [2.75, 3.05) is 0 Å². The molecule has 170 valence electrons. The molecule has 2 amide bonds. The lowest BCUT2D eigenvalue weighted by atomic mass is 9.98. The van der Waals surface area contributed by atoms with E-state index in [0.717, 1.165) is 40.1 Å². The minimum absolute atomic E-state index is 0.220. The first-order chi connectivity index (χ1) is 15.7. The maximum atomic E-state index is 13.0. The summed E-state index contributed by atoms with van der Waals surface area (Å²) in [7, 11) is 0. The zero-order valence-electron chi connectivity index (χ0n) is 17.2. The van der Waals surface area contributed by atoms with Crippen molar-refractivity contribution in [1.29, 1.82) is 0 Å². The number of allylic oxidation sites excluding steroid dienone is 3. The van der Waals surface area contributed by atoms with Gasteiger partial charge < -0.3 is 10.6 Å². The number of aromatic amines is 1. The van der Waals surface area contributed by atoms with E-state index < -0.39 is 23.5 Å². The van der Waals surface area contributed by atoms with Gasteiger partial charge in [-0.3, -0.25) is 10.1 Å². The highest BCUT2D eigenvalue weighted by atomic mass is 35.5. The predicted octanol–water partition coefficient (Wildman–Crippen LogP) is 5.32. The molecule has 3 N–H and O–H groups in total. The number of hydrogen-bond acceptors (Lipinski definition) is 3. The van der Waals surface area contributed by atoms with Gasteiger partial charge in [-0.25, -0.2) is 4.79 Å². The minimum atomic E-state index is -4.58. The maximum Gasteiger partial charge on any atom is 0.411 e. The summed E-state index contributed by atoms with van der Waals surface area (Å²) in [6.07, 6.45) is 3.36. The summed E-state index contributed by atoms with van der Waals surface area (Å²) in [5, 5.41) is 12.4. The molecule has 0 saturated heterocycles. The second-order valence-electron chi connectivity index (χ2n) is 7.46. The second-order valence-corrected chi connectivity index (χ2v) is 8.13. The largest absolute Gasteiger partial charge is 0.411 e. The maximum absolute atomic E-state index is 13.0. The number of carbonyl (C=O) groups is 1. The molecule has 0 aliphatic heterocycles. The van der Waals surface area contributed by atoms with E-state index in [4.69, 9.17) is 11.6 Å². The van der Waals surface area contributed by atoms with E-state index in [1.54, 1.807) is 18.6 Å². The summed E-state index contributed by atoms with van der Waals surface area (Å²) in [5.74, 6) is 0. The zero-order chi connectivity index (χ0) is 23.5. The Morgan fingerprint density at radius 1 is 1.18 bits per heavy atom. The molecule has 0 spiro atoms. The number of carbonyl (C=O) groups excluding carboxylic acids is 1. The van der Waals surface area contributed by atoms with Gasteiger partial charge in [-0.15, -0.1) is 11.6 Å². The van der Waals surface area contributed by atoms with Crippen LogP contribution < -0.4 is 10.6 Å². The average Bonchev–Trinajstić information content (AvgIpc) is 3.29. The van der Waals surface area contributed by atoms with Crippen molar-refractivity contribution in [2.24, 2.45) is 0 Å². The number of benzene rings is 1. The summed E-state index contributed by atoms with van der Waals surface area (Å²) in [5.41, 5.74) is 4.70. The van der Waals surface area contributed by atoms with Gasteiger partial charge >= 0.3 is 12.2 Å². The number of nitrogens with zero attached hydrogens (tertiary/aromatic N) is 2. The zero-order valence-corrected chi connectivity index (χ0v) is 17.9. The Morgan fingerprint density at radius 3 is 2.67 bits per heavy atom. The van der Waals surface area contributed by atoms with E-state index in [9.17, 15) is 18.0 Å². The number of alkyl halides is 4. The third kappa shape index (κ3) is 5.09. The number of amides is 2. The molecule has 0 bridgehead atoms. The van der Waals surface area contributed by atoms with Crippen LogP contribution in [0, 0.1) is 0 Å². The lowest BCUT2D eigenvalue weighted by molar-refractivity contribution is -0.149. The molecule has 10 heteroatoms.